The largest absolute Gasteiger partial charge is 0.490 e. The molecule has 0 saturated heterocycles. The van der Waals surface area contributed by atoms with Gasteiger partial charge in [-0.2, -0.15) is 0 Å². The van der Waals surface area contributed by atoms with Crippen LogP contribution in [0.1, 0.15) is 13.3 Å². The van der Waals surface area contributed by atoms with Gasteiger partial charge in [0.05, 0.1) is 0 Å². The summed E-state index contributed by atoms with van der Waals surface area (Å²) >= 11 is 0. The zero-order chi connectivity index (χ0) is 11.1. The summed E-state index contributed by atoms with van der Waals surface area (Å²) in [7, 11) is 0. The summed E-state index contributed by atoms with van der Waals surface area (Å²) in [6.07, 6.45) is 2.10. The maximum Gasteiger partial charge on any atom is 0.331 e. The zero-order valence-electron chi connectivity index (χ0n) is 8.64. The van der Waals surface area contributed by atoms with Crippen LogP contribution in [0.5, 0.6) is 5.75 Å². The summed E-state index contributed by atoms with van der Waals surface area (Å²) in [6.45, 7) is 2.10. The van der Waals surface area contributed by atoms with E-state index in [0.717, 1.165) is 5.75 Å². The van der Waals surface area contributed by atoms with Gasteiger partial charge < -0.3 is 9.84 Å². The smallest absolute Gasteiger partial charge is 0.331 e. The lowest BCUT2D eigenvalue weighted by molar-refractivity contribution is -0.132. The SMILES string of the molecule is CCC(=CCOc1ccccc1)C(=O)O. The van der Waals surface area contributed by atoms with Crippen LogP contribution in [0.2, 0.25) is 0 Å². The Balaban J connectivity index is 2.48. The highest BCUT2D eigenvalue weighted by Gasteiger charge is 2.02. The molecule has 80 valence electrons. The molecule has 0 aliphatic heterocycles. The first-order valence-corrected chi connectivity index (χ1v) is 4.84. The summed E-state index contributed by atoms with van der Waals surface area (Å²) in [5.74, 6) is -0.135. The average molecular weight is 206 g/mol. The second kappa shape index (κ2) is 5.86. The van der Waals surface area contributed by atoms with Crippen LogP contribution in [-0.4, -0.2) is 17.7 Å². The molecule has 1 N–H and O–H groups in total. The molecule has 0 aromatic heterocycles. The van der Waals surface area contributed by atoms with E-state index < -0.39 is 5.97 Å². The number of benzene rings is 1. The van der Waals surface area contributed by atoms with E-state index in [1.165, 1.54) is 0 Å². The Morgan fingerprint density at radius 1 is 1.40 bits per heavy atom. The van der Waals surface area contributed by atoms with Crippen molar-refractivity contribution in [2.45, 2.75) is 13.3 Å². The number of ether oxygens (including phenoxy) is 1. The standard InChI is InChI=1S/C12H14O3/c1-2-10(12(13)14)8-9-15-11-6-4-3-5-7-11/h3-8H,2,9H2,1H3,(H,13,14). The third-order valence-corrected chi connectivity index (χ3v) is 1.98. The number of rotatable bonds is 5. The van der Waals surface area contributed by atoms with Crippen molar-refractivity contribution >= 4 is 5.97 Å². The molecule has 0 saturated carbocycles. The van der Waals surface area contributed by atoms with Crippen LogP contribution in [0.4, 0.5) is 0 Å². The second-order valence-corrected chi connectivity index (χ2v) is 3.01. The van der Waals surface area contributed by atoms with Gasteiger partial charge in [-0.25, -0.2) is 4.79 Å². The van der Waals surface area contributed by atoms with Crippen LogP contribution in [-0.2, 0) is 4.79 Å². The zero-order valence-corrected chi connectivity index (χ0v) is 8.64. The van der Waals surface area contributed by atoms with Gasteiger partial charge in [0.15, 0.2) is 0 Å². The Bertz CT molecular complexity index is 341. The molecule has 0 heterocycles. The number of para-hydroxylation sites is 1. The minimum Gasteiger partial charge on any atom is -0.490 e. The maximum absolute atomic E-state index is 10.6. The van der Waals surface area contributed by atoms with E-state index in [1.807, 2.05) is 37.3 Å². The molecule has 1 aromatic carbocycles. The fraction of sp³-hybridized carbons (Fsp3) is 0.250. The third-order valence-electron chi connectivity index (χ3n) is 1.98. The number of aliphatic carboxylic acids is 1. The van der Waals surface area contributed by atoms with E-state index in [2.05, 4.69) is 0 Å². The van der Waals surface area contributed by atoms with Crippen molar-refractivity contribution < 1.29 is 14.6 Å². The molecule has 0 radical (unpaired) electrons. The molecule has 0 atom stereocenters. The van der Waals surface area contributed by atoms with Crippen LogP contribution in [0.15, 0.2) is 42.0 Å². The molecule has 0 unspecified atom stereocenters. The molecule has 0 amide bonds. The highest BCUT2D eigenvalue weighted by atomic mass is 16.5. The molecule has 1 rings (SSSR count). The van der Waals surface area contributed by atoms with Gasteiger partial charge in [0, 0.05) is 5.57 Å². The normalized spacial score (nSPS) is 11.1. The van der Waals surface area contributed by atoms with Crippen LogP contribution in [0.3, 0.4) is 0 Å². The van der Waals surface area contributed by atoms with Gasteiger partial charge in [0.2, 0.25) is 0 Å². The highest BCUT2D eigenvalue weighted by molar-refractivity contribution is 5.86. The highest BCUT2D eigenvalue weighted by Crippen LogP contribution is 2.08. The molecule has 0 aliphatic rings. The molecule has 0 fully saturated rings. The van der Waals surface area contributed by atoms with Crippen LogP contribution >= 0.6 is 0 Å². The van der Waals surface area contributed by atoms with Crippen LogP contribution in [0, 0.1) is 0 Å². The molecule has 0 aliphatic carbocycles. The Morgan fingerprint density at radius 2 is 2.07 bits per heavy atom. The van der Waals surface area contributed by atoms with Crippen molar-refractivity contribution in [1.29, 1.82) is 0 Å². The Morgan fingerprint density at radius 3 is 2.60 bits per heavy atom. The van der Waals surface area contributed by atoms with E-state index in [-0.39, 0.29) is 0 Å². The molecule has 15 heavy (non-hydrogen) atoms. The molecule has 3 nitrogen and oxygen atoms in total. The summed E-state index contributed by atoms with van der Waals surface area (Å²) < 4.78 is 5.35. The Labute approximate surface area is 89.0 Å². The minimum absolute atomic E-state index is 0.291. The predicted octanol–water partition coefficient (Wildman–Crippen LogP) is 2.49. The van der Waals surface area contributed by atoms with E-state index in [9.17, 15) is 4.79 Å². The fourth-order valence-electron chi connectivity index (χ4n) is 1.14. The number of carboxylic acids is 1. The summed E-state index contributed by atoms with van der Waals surface area (Å²) in [6, 6.07) is 9.31. The number of carbonyl (C=O) groups is 1. The van der Waals surface area contributed by atoms with Gasteiger partial charge in [-0.15, -0.1) is 0 Å². The first-order valence-electron chi connectivity index (χ1n) is 4.84. The quantitative estimate of drug-likeness (QED) is 0.753. The van der Waals surface area contributed by atoms with Gasteiger partial charge in [-0.05, 0) is 24.6 Å². The summed E-state index contributed by atoms with van der Waals surface area (Å²) in [5.41, 5.74) is 0.380. The van der Waals surface area contributed by atoms with Crippen LogP contribution < -0.4 is 4.74 Å². The number of hydrogen-bond donors (Lipinski definition) is 1. The Hall–Kier alpha value is -1.77. The van der Waals surface area contributed by atoms with Crippen molar-refractivity contribution in [1.82, 2.24) is 0 Å². The van der Waals surface area contributed by atoms with Crippen molar-refractivity contribution in [3.8, 4) is 5.75 Å². The Kier molecular flexibility index (Phi) is 4.41. The van der Waals surface area contributed by atoms with Crippen molar-refractivity contribution in [2.24, 2.45) is 0 Å². The molecule has 1 aromatic rings. The number of hydrogen-bond acceptors (Lipinski definition) is 2. The summed E-state index contributed by atoms with van der Waals surface area (Å²) in [4.78, 5) is 10.6. The molecular formula is C12H14O3. The van der Waals surface area contributed by atoms with Gasteiger partial charge in [-0.1, -0.05) is 25.1 Å². The molecule has 3 heteroatoms. The number of carboxylic acid groups (broad SMARTS) is 1. The van der Waals surface area contributed by atoms with Crippen molar-refractivity contribution in [3.63, 3.8) is 0 Å². The second-order valence-electron chi connectivity index (χ2n) is 3.01. The lowest BCUT2D eigenvalue weighted by Gasteiger charge is -2.03. The topological polar surface area (TPSA) is 46.5 Å². The van der Waals surface area contributed by atoms with Gasteiger partial charge in [-0.3, -0.25) is 0 Å². The lowest BCUT2D eigenvalue weighted by atomic mass is 10.2. The molecule has 0 bridgehead atoms. The first-order chi connectivity index (χ1) is 7.24. The van der Waals surface area contributed by atoms with E-state index in [0.29, 0.717) is 18.6 Å². The molecule has 0 spiro atoms. The minimum atomic E-state index is -0.880. The maximum atomic E-state index is 10.6. The van der Waals surface area contributed by atoms with Crippen molar-refractivity contribution in [2.75, 3.05) is 6.61 Å². The van der Waals surface area contributed by atoms with E-state index in [4.69, 9.17) is 9.84 Å². The van der Waals surface area contributed by atoms with Gasteiger partial charge >= 0.3 is 5.97 Å². The van der Waals surface area contributed by atoms with Crippen molar-refractivity contribution in [3.05, 3.63) is 42.0 Å². The fourth-order valence-corrected chi connectivity index (χ4v) is 1.14. The van der Waals surface area contributed by atoms with Gasteiger partial charge in [0.1, 0.15) is 12.4 Å². The van der Waals surface area contributed by atoms with Gasteiger partial charge in [0.25, 0.3) is 0 Å². The molecular weight excluding hydrogens is 192 g/mol. The lowest BCUT2D eigenvalue weighted by Crippen LogP contribution is -2.02. The van der Waals surface area contributed by atoms with E-state index in [1.54, 1.807) is 6.08 Å². The first kappa shape index (κ1) is 11.3. The third kappa shape index (κ3) is 3.85. The summed E-state index contributed by atoms with van der Waals surface area (Å²) in [5, 5.41) is 8.75. The van der Waals surface area contributed by atoms with E-state index >= 15 is 0 Å². The average Bonchev–Trinajstić information content (AvgIpc) is 2.25. The predicted molar refractivity (Wildman–Crippen MR) is 57.9 cm³/mol. The monoisotopic (exact) mass is 206 g/mol. The van der Waals surface area contributed by atoms with Crippen LogP contribution in [0.25, 0.3) is 0 Å².